The number of nitrogens with one attached hydrogen (secondary N) is 2. The lowest BCUT2D eigenvalue weighted by Crippen LogP contribution is -2.63. The molecule has 0 aliphatic heterocycles. The second kappa shape index (κ2) is 13.2. The zero-order valence-corrected chi connectivity index (χ0v) is 29.9. The maximum atomic E-state index is 12.0. The van der Waals surface area contributed by atoms with Crippen LogP contribution in [0, 0.1) is 46.3 Å². The lowest BCUT2D eigenvalue weighted by molar-refractivity contribution is -0.202. The summed E-state index contributed by atoms with van der Waals surface area (Å²) < 4.78 is 4.91. The van der Waals surface area contributed by atoms with Gasteiger partial charge in [0.25, 0.3) is 0 Å². The third kappa shape index (κ3) is 5.72. The summed E-state index contributed by atoms with van der Waals surface area (Å²) >= 11 is 5.89. The minimum Gasteiger partial charge on any atom is -0.469 e. The maximum Gasteiger partial charge on any atom is 0.305 e. The molecule has 48 heavy (non-hydrogen) atoms. The Bertz CT molecular complexity index is 1620. The van der Waals surface area contributed by atoms with Crippen molar-refractivity contribution < 1.29 is 19.7 Å². The molecule has 0 bridgehead atoms. The number of methoxy groups -OCH3 is 1. The fraction of sp³-hybridized carbons (Fsp3) is 0.610. The van der Waals surface area contributed by atoms with Gasteiger partial charge < -0.3 is 25.6 Å². The monoisotopic (exact) mass is 670 g/mol. The predicted octanol–water partition coefficient (Wildman–Crippen LogP) is 7.52. The van der Waals surface area contributed by atoms with Crippen molar-refractivity contribution in [2.24, 2.45) is 46.3 Å². The predicted molar refractivity (Wildman–Crippen MR) is 196 cm³/mol. The molecule has 0 amide bonds. The number of thiocarbonyl (C=S) groups is 1. The maximum absolute atomic E-state index is 12.0. The van der Waals surface area contributed by atoms with Crippen molar-refractivity contribution in [2.45, 2.75) is 103 Å². The zero-order valence-electron chi connectivity index (χ0n) is 29.1. The largest absolute Gasteiger partial charge is 0.469 e. The van der Waals surface area contributed by atoms with E-state index < -0.39 is 6.10 Å². The number of aliphatic hydroxyl groups is 2. The summed E-state index contributed by atoms with van der Waals surface area (Å²) in [7, 11) is 1.45. The average Bonchev–Trinajstić information content (AvgIpc) is 3.44. The molecule has 0 radical (unpaired) electrons. The molecule has 0 saturated heterocycles. The summed E-state index contributed by atoms with van der Waals surface area (Å²) in [6.45, 7) is 7.65. The number of ether oxygens (including phenoxy) is 1. The highest BCUT2D eigenvalue weighted by atomic mass is 32.1. The van der Waals surface area contributed by atoms with Gasteiger partial charge in [-0.05, 0) is 143 Å². The Morgan fingerprint density at radius 1 is 0.979 bits per heavy atom. The first-order valence-corrected chi connectivity index (χ1v) is 18.8. The third-order valence-electron chi connectivity index (χ3n) is 14.2. The molecule has 7 heteroatoms. The van der Waals surface area contributed by atoms with E-state index in [9.17, 15) is 15.0 Å². The second-order valence-corrected chi connectivity index (χ2v) is 16.7. The minimum atomic E-state index is -0.391. The van der Waals surface area contributed by atoms with Crippen molar-refractivity contribution >= 4 is 44.8 Å². The normalized spacial score (nSPS) is 36.5. The van der Waals surface area contributed by atoms with Crippen LogP contribution in [-0.4, -0.2) is 46.7 Å². The smallest absolute Gasteiger partial charge is 0.305 e. The van der Waals surface area contributed by atoms with Gasteiger partial charge in [-0.3, -0.25) is 4.79 Å². The van der Waals surface area contributed by atoms with E-state index in [1.54, 1.807) is 0 Å². The molecule has 0 heterocycles. The number of fused-ring (bicyclic) bond motifs is 7. The quantitative estimate of drug-likeness (QED) is 0.118. The number of rotatable bonds is 7. The van der Waals surface area contributed by atoms with Crippen LogP contribution in [0.2, 0.25) is 0 Å². The van der Waals surface area contributed by atoms with Crippen molar-refractivity contribution in [3.63, 3.8) is 0 Å². The minimum absolute atomic E-state index is 0.0931. The van der Waals surface area contributed by atoms with Crippen LogP contribution in [0.1, 0.15) is 84.1 Å². The van der Waals surface area contributed by atoms with E-state index in [4.69, 9.17) is 17.0 Å². The lowest BCUT2D eigenvalue weighted by atomic mass is 9.43. The average molecular weight is 671 g/mol. The third-order valence-corrected chi connectivity index (χ3v) is 14.5. The Morgan fingerprint density at radius 2 is 1.67 bits per heavy atom. The molecule has 4 fully saturated rings. The highest BCUT2D eigenvalue weighted by Crippen LogP contribution is 2.68. The summed E-state index contributed by atoms with van der Waals surface area (Å²) in [5.41, 5.74) is 1.13. The summed E-state index contributed by atoms with van der Waals surface area (Å²) in [6.07, 6.45) is 7.27. The first-order valence-electron chi connectivity index (χ1n) is 18.4. The molecular weight excluding hydrogens is 617 g/mol. The van der Waals surface area contributed by atoms with Crippen molar-refractivity contribution in [3.8, 4) is 0 Å². The topological polar surface area (TPSA) is 90.8 Å². The molecule has 4 saturated carbocycles. The van der Waals surface area contributed by atoms with Gasteiger partial charge in [0, 0.05) is 19.0 Å². The van der Waals surface area contributed by atoms with Gasteiger partial charge in [-0.1, -0.05) is 69.3 Å². The Hall–Kier alpha value is -2.74. The zero-order chi connectivity index (χ0) is 33.8. The number of aliphatic hydroxyl groups excluding tert-OH is 2. The summed E-state index contributed by atoms with van der Waals surface area (Å²) in [4.78, 5) is 11.9. The first-order chi connectivity index (χ1) is 23.0. The van der Waals surface area contributed by atoms with Gasteiger partial charge in [-0.25, -0.2) is 0 Å². The van der Waals surface area contributed by atoms with Crippen molar-refractivity contribution in [3.05, 3.63) is 60.2 Å². The summed E-state index contributed by atoms with van der Waals surface area (Å²) in [5, 5.41) is 36.7. The van der Waals surface area contributed by atoms with E-state index in [0.29, 0.717) is 47.7 Å². The molecule has 0 spiro atoms. The molecule has 4 aliphatic carbocycles. The van der Waals surface area contributed by atoms with Crippen LogP contribution in [0.25, 0.3) is 21.5 Å². The Morgan fingerprint density at radius 3 is 2.35 bits per heavy atom. The van der Waals surface area contributed by atoms with E-state index in [1.165, 1.54) is 34.2 Å². The van der Waals surface area contributed by atoms with Crippen molar-refractivity contribution in [2.75, 3.05) is 7.11 Å². The molecule has 3 aromatic carbocycles. The van der Waals surface area contributed by atoms with E-state index in [1.807, 2.05) is 0 Å². The SMILES string of the molecule is COC(=O)CC[C@@H](C)[C@H]1CC[C@H]2[C@@H]3[C@H](O)C[C@@H]4C[C@H](NC(=S)NCc5c6ccccc6cc6ccccc56)CC[C@]4(C)[C@H]3C[C@H](O)[C@]12C. The lowest BCUT2D eigenvalue weighted by Gasteiger charge is -2.63. The van der Waals surface area contributed by atoms with Gasteiger partial charge in [0.2, 0.25) is 0 Å². The highest BCUT2D eigenvalue weighted by Gasteiger charge is 2.65. The Kier molecular flexibility index (Phi) is 9.27. The molecule has 258 valence electrons. The van der Waals surface area contributed by atoms with E-state index in [2.05, 4.69) is 86.0 Å². The van der Waals surface area contributed by atoms with Gasteiger partial charge in [0.05, 0.1) is 19.3 Å². The number of carbonyl (C=O) groups is 1. The second-order valence-electron chi connectivity index (χ2n) is 16.3. The van der Waals surface area contributed by atoms with Gasteiger partial charge >= 0.3 is 5.97 Å². The van der Waals surface area contributed by atoms with Crippen LogP contribution in [0.15, 0.2) is 54.6 Å². The molecule has 3 aromatic rings. The molecule has 0 unspecified atom stereocenters. The van der Waals surface area contributed by atoms with E-state index >= 15 is 0 Å². The molecule has 4 aliphatic rings. The van der Waals surface area contributed by atoms with Crippen LogP contribution >= 0.6 is 12.2 Å². The van der Waals surface area contributed by atoms with E-state index in [0.717, 1.165) is 51.4 Å². The van der Waals surface area contributed by atoms with Crippen LogP contribution < -0.4 is 10.6 Å². The highest BCUT2D eigenvalue weighted by molar-refractivity contribution is 7.80. The molecule has 4 N–H and O–H groups in total. The van der Waals surface area contributed by atoms with E-state index in [-0.39, 0.29) is 34.9 Å². The molecular formula is C41H54N2O4S. The number of carbonyl (C=O) groups excluding carboxylic acids is 1. The van der Waals surface area contributed by atoms with Crippen LogP contribution in [0.3, 0.4) is 0 Å². The fourth-order valence-corrected chi connectivity index (χ4v) is 11.9. The first kappa shape index (κ1) is 33.7. The van der Waals surface area contributed by atoms with Crippen LogP contribution in [0.4, 0.5) is 0 Å². The fourth-order valence-electron chi connectivity index (χ4n) is 11.6. The number of hydrogen-bond donors (Lipinski definition) is 4. The Balaban J connectivity index is 1.01. The molecule has 7 rings (SSSR count). The van der Waals surface area contributed by atoms with Gasteiger partial charge in [0.1, 0.15) is 0 Å². The number of benzene rings is 3. The number of esters is 1. The van der Waals surface area contributed by atoms with Gasteiger partial charge in [0.15, 0.2) is 5.11 Å². The van der Waals surface area contributed by atoms with Gasteiger partial charge in [-0.2, -0.15) is 0 Å². The Labute approximate surface area is 291 Å². The standard InChI is InChI=1S/C41H54N2O4S/c1-24(13-16-37(46)47-4)32-14-15-33-38-34(22-36(45)41(32,33)3)40(2)18-17-28(20-27(40)21-35(38)44)43-39(48)42-23-31-29-11-7-5-9-25(29)19-26-10-6-8-12-30(26)31/h5-12,19,24,27-28,32-36,38,44-45H,13-18,20-23H2,1-4H3,(H2,42,43,48)/t24-,27+,28-,32-,33+,34+,35-,36+,38+,40+,41-/m1/s1. The number of hydrogen-bond acceptors (Lipinski definition) is 5. The summed E-state index contributed by atoms with van der Waals surface area (Å²) in [6, 6.07) is 19.7. The van der Waals surface area contributed by atoms with Crippen molar-refractivity contribution in [1.29, 1.82) is 0 Å². The molecule has 11 atom stereocenters. The molecule has 0 aromatic heterocycles. The summed E-state index contributed by atoms with van der Waals surface area (Å²) in [5.74, 6) is 1.75. The van der Waals surface area contributed by atoms with Crippen LogP contribution in [-0.2, 0) is 16.1 Å². The van der Waals surface area contributed by atoms with Crippen LogP contribution in [0.5, 0.6) is 0 Å². The van der Waals surface area contributed by atoms with Gasteiger partial charge in [-0.15, -0.1) is 0 Å². The van der Waals surface area contributed by atoms with Crippen molar-refractivity contribution in [1.82, 2.24) is 10.6 Å². The molecule has 6 nitrogen and oxygen atoms in total.